The molecule has 2 N–H and O–H groups in total. The smallest absolute Gasteiger partial charge is 0.165 e. The molecular formula is C18H20FN5O. The summed E-state index contributed by atoms with van der Waals surface area (Å²) in [6, 6.07) is 8.43. The highest BCUT2D eigenvalue weighted by atomic mass is 19.1. The molecule has 3 heterocycles. The third kappa shape index (κ3) is 3.28. The molecule has 1 fully saturated rings. The third-order valence-corrected chi connectivity index (χ3v) is 4.54. The Bertz CT molecular complexity index is 873. The number of ether oxygens (including phenoxy) is 1. The van der Waals surface area contributed by atoms with Gasteiger partial charge in [0, 0.05) is 18.3 Å². The maximum absolute atomic E-state index is 13.9. The van der Waals surface area contributed by atoms with Gasteiger partial charge in [-0.05, 0) is 45.1 Å². The second-order valence-electron chi connectivity index (χ2n) is 6.36. The summed E-state index contributed by atoms with van der Waals surface area (Å²) in [4.78, 5) is 6.61. The Morgan fingerprint density at radius 1 is 1.20 bits per heavy atom. The van der Waals surface area contributed by atoms with Crippen molar-refractivity contribution in [2.45, 2.75) is 18.9 Å². The lowest BCUT2D eigenvalue weighted by atomic mass is 10.1. The maximum Gasteiger partial charge on any atom is 0.165 e. The number of likely N-dealkylation sites (tertiary alicyclic amines) is 1. The Hall–Kier alpha value is -2.67. The molecule has 0 bridgehead atoms. The SMILES string of the molecule is CN1CCC(Nc2n[nH]c3nccc(Oc4ccccc4F)c23)CC1. The average Bonchev–Trinajstić information content (AvgIpc) is 3.03. The highest BCUT2D eigenvalue weighted by molar-refractivity contribution is 5.93. The number of benzene rings is 1. The first kappa shape index (κ1) is 15.8. The molecule has 4 rings (SSSR count). The van der Waals surface area contributed by atoms with Gasteiger partial charge < -0.3 is 15.0 Å². The van der Waals surface area contributed by atoms with E-state index < -0.39 is 5.82 Å². The zero-order valence-electron chi connectivity index (χ0n) is 14.0. The van der Waals surface area contributed by atoms with Crippen LogP contribution in [0.4, 0.5) is 10.2 Å². The maximum atomic E-state index is 13.9. The van der Waals surface area contributed by atoms with Crippen molar-refractivity contribution in [2.75, 3.05) is 25.5 Å². The van der Waals surface area contributed by atoms with Crippen molar-refractivity contribution < 1.29 is 9.13 Å². The standard InChI is InChI=1S/C18H20FN5O/c1-24-10-7-12(8-11-24)21-18-16-15(6-9-20-17(16)22-23-18)25-14-5-3-2-4-13(14)19/h2-6,9,12H,7-8,10-11H2,1H3,(H2,20,21,22,23). The van der Waals surface area contributed by atoms with E-state index in [1.807, 2.05) is 0 Å². The molecule has 7 heteroatoms. The second kappa shape index (κ2) is 6.68. The number of piperidine rings is 1. The van der Waals surface area contributed by atoms with E-state index in [1.54, 1.807) is 30.5 Å². The van der Waals surface area contributed by atoms with Crippen molar-refractivity contribution in [3.05, 3.63) is 42.3 Å². The average molecular weight is 341 g/mol. The van der Waals surface area contributed by atoms with Crippen LogP contribution in [-0.4, -0.2) is 46.3 Å². The van der Waals surface area contributed by atoms with Crippen LogP contribution in [0.15, 0.2) is 36.5 Å². The van der Waals surface area contributed by atoms with Gasteiger partial charge in [-0.2, -0.15) is 5.10 Å². The van der Waals surface area contributed by atoms with Crippen LogP contribution in [0.3, 0.4) is 0 Å². The van der Waals surface area contributed by atoms with Gasteiger partial charge in [0.05, 0.1) is 0 Å². The van der Waals surface area contributed by atoms with Crippen molar-refractivity contribution in [1.82, 2.24) is 20.1 Å². The zero-order chi connectivity index (χ0) is 17.2. The molecule has 0 atom stereocenters. The summed E-state index contributed by atoms with van der Waals surface area (Å²) in [6.07, 6.45) is 3.72. The third-order valence-electron chi connectivity index (χ3n) is 4.54. The van der Waals surface area contributed by atoms with Crippen LogP contribution in [-0.2, 0) is 0 Å². The molecule has 0 spiro atoms. The summed E-state index contributed by atoms with van der Waals surface area (Å²) in [7, 11) is 2.13. The van der Waals surface area contributed by atoms with Crippen LogP contribution in [0.1, 0.15) is 12.8 Å². The quantitative estimate of drug-likeness (QED) is 0.761. The predicted molar refractivity (Wildman–Crippen MR) is 94.5 cm³/mol. The summed E-state index contributed by atoms with van der Waals surface area (Å²) in [5.74, 6) is 1.01. The first-order valence-electron chi connectivity index (χ1n) is 8.41. The van der Waals surface area contributed by atoms with Crippen LogP contribution in [0.25, 0.3) is 11.0 Å². The number of H-pyrrole nitrogens is 1. The molecule has 1 aromatic carbocycles. The monoisotopic (exact) mass is 341 g/mol. The van der Waals surface area contributed by atoms with E-state index in [0.29, 0.717) is 23.3 Å². The Labute approximate surface area is 145 Å². The van der Waals surface area contributed by atoms with Gasteiger partial charge >= 0.3 is 0 Å². The fraction of sp³-hybridized carbons (Fsp3) is 0.333. The van der Waals surface area contributed by atoms with Gasteiger partial charge in [0.1, 0.15) is 11.1 Å². The van der Waals surface area contributed by atoms with Gasteiger partial charge in [-0.25, -0.2) is 9.37 Å². The number of fused-ring (bicyclic) bond motifs is 1. The van der Waals surface area contributed by atoms with Crippen LogP contribution in [0, 0.1) is 5.82 Å². The van der Waals surface area contributed by atoms with E-state index in [0.717, 1.165) is 31.3 Å². The van der Waals surface area contributed by atoms with Crippen molar-refractivity contribution in [1.29, 1.82) is 0 Å². The van der Waals surface area contributed by atoms with Crippen molar-refractivity contribution in [3.8, 4) is 11.5 Å². The first-order valence-corrected chi connectivity index (χ1v) is 8.41. The molecule has 130 valence electrons. The number of hydrogen-bond donors (Lipinski definition) is 2. The molecule has 2 aromatic heterocycles. The number of para-hydroxylation sites is 1. The fourth-order valence-corrected chi connectivity index (χ4v) is 3.10. The Morgan fingerprint density at radius 2 is 2.00 bits per heavy atom. The number of nitrogens with zero attached hydrogens (tertiary/aromatic N) is 3. The Morgan fingerprint density at radius 3 is 2.80 bits per heavy atom. The van der Waals surface area contributed by atoms with E-state index in [-0.39, 0.29) is 5.75 Å². The molecule has 0 radical (unpaired) electrons. The highest BCUT2D eigenvalue weighted by Gasteiger charge is 2.20. The number of rotatable bonds is 4. The topological polar surface area (TPSA) is 66.1 Å². The minimum absolute atomic E-state index is 0.182. The van der Waals surface area contributed by atoms with Crippen molar-refractivity contribution in [2.24, 2.45) is 0 Å². The number of aromatic nitrogens is 3. The molecule has 0 amide bonds. The molecular weight excluding hydrogens is 321 g/mol. The minimum atomic E-state index is -0.402. The van der Waals surface area contributed by atoms with E-state index >= 15 is 0 Å². The summed E-state index contributed by atoms with van der Waals surface area (Å²) in [5.41, 5.74) is 0.615. The molecule has 0 aliphatic carbocycles. The molecule has 6 nitrogen and oxygen atoms in total. The molecule has 0 unspecified atom stereocenters. The highest BCUT2D eigenvalue weighted by Crippen LogP contribution is 2.34. The largest absolute Gasteiger partial charge is 0.453 e. The van der Waals surface area contributed by atoms with E-state index in [9.17, 15) is 4.39 Å². The van der Waals surface area contributed by atoms with E-state index in [1.165, 1.54) is 6.07 Å². The fourth-order valence-electron chi connectivity index (χ4n) is 3.10. The van der Waals surface area contributed by atoms with Gasteiger partial charge in [0.25, 0.3) is 0 Å². The van der Waals surface area contributed by atoms with E-state index in [4.69, 9.17) is 4.74 Å². The van der Waals surface area contributed by atoms with Gasteiger partial charge in [-0.15, -0.1) is 0 Å². The van der Waals surface area contributed by atoms with Gasteiger partial charge in [0.15, 0.2) is 23.0 Å². The van der Waals surface area contributed by atoms with Gasteiger partial charge in [-0.1, -0.05) is 12.1 Å². The second-order valence-corrected chi connectivity index (χ2v) is 6.36. The number of pyridine rings is 1. The van der Waals surface area contributed by atoms with Gasteiger partial charge in [0.2, 0.25) is 0 Å². The lowest BCUT2D eigenvalue weighted by molar-refractivity contribution is 0.263. The molecule has 1 aliphatic rings. The Balaban J connectivity index is 1.64. The van der Waals surface area contributed by atoms with Crippen molar-refractivity contribution in [3.63, 3.8) is 0 Å². The van der Waals surface area contributed by atoms with Crippen LogP contribution >= 0.6 is 0 Å². The molecule has 1 aliphatic heterocycles. The van der Waals surface area contributed by atoms with Crippen LogP contribution in [0.2, 0.25) is 0 Å². The normalized spacial score (nSPS) is 16.2. The summed E-state index contributed by atoms with van der Waals surface area (Å²) >= 11 is 0. The van der Waals surface area contributed by atoms with Gasteiger partial charge in [-0.3, -0.25) is 5.10 Å². The summed E-state index contributed by atoms with van der Waals surface area (Å²) in [5, 5.41) is 11.5. The number of halogens is 1. The summed E-state index contributed by atoms with van der Waals surface area (Å²) in [6.45, 7) is 2.10. The number of hydrogen-bond acceptors (Lipinski definition) is 5. The van der Waals surface area contributed by atoms with E-state index in [2.05, 4.69) is 32.4 Å². The number of nitrogens with one attached hydrogen (secondary N) is 2. The first-order chi connectivity index (χ1) is 12.2. The lowest BCUT2D eigenvalue weighted by Gasteiger charge is -2.29. The number of aromatic amines is 1. The summed E-state index contributed by atoms with van der Waals surface area (Å²) < 4.78 is 19.7. The minimum Gasteiger partial charge on any atom is -0.453 e. The molecule has 25 heavy (non-hydrogen) atoms. The van der Waals surface area contributed by atoms with Crippen LogP contribution in [0.5, 0.6) is 11.5 Å². The molecule has 3 aromatic rings. The van der Waals surface area contributed by atoms with Crippen LogP contribution < -0.4 is 10.1 Å². The Kier molecular flexibility index (Phi) is 4.23. The number of anilines is 1. The molecule has 1 saturated heterocycles. The zero-order valence-corrected chi connectivity index (χ0v) is 14.0. The van der Waals surface area contributed by atoms with Crippen molar-refractivity contribution >= 4 is 16.9 Å². The predicted octanol–water partition coefficient (Wildman–Crippen LogP) is 3.40. The lowest BCUT2D eigenvalue weighted by Crippen LogP contribution is -2.36. The molecule has 0 saturated carbocycles.